The topological polar surface area (TPSA) is 29.5 Å². The van der Waals surface area contributed by atoms with Crippen LogP contribution in [0.25, 0.3) is 0 Å². The summed E-state index contributed by atoms with van der Waals surface area (Å²) in [4.78, 5) is 12.8. The minimum absolute atomic E-state index is 0.114. The smallest absolute Gasteiger partial charge is 0.226 e. The van der Waals surface area contributed by atoms with Crippen molar-refractivity contribution in [2.24, 2.45) is 0 Å². The Labute approximate surface area is 61.0 Å². The van der Waals surface area contributed by atoms with Crippen LogP contribution in [-0.4, -0.2) is 37.1 Å². The first-order valence-corrected chi connectivity index (χ1v) is 3.50. The fourth-order valence-electron chi connectivity index (χ4n) is 0.966. The minimum atomic E-state index is 0.114. The summed E-state index contributed by atoms with van der Waals surface area (Å²) in [6, 6.07) is 0. The average Bonchev–Trinajstić information content (AvgIpc) is 2.05. The van der Waals surface area contributed by atoms with E-state index in [1.807, 2.05) is 0 Å². The molecule has 0 bridgehead atoms. The largest absolute Gasteiger partial charge is 0.378 e. The Bertz CT molecular complexity index is 119. The van der Waals surface area contributed by atoms with Gasteiger partial charge in [0.25, 0.3) is 0 Å². The molecule has 1 heterocycles. The molecule has 0 aromatic carbocycles. The predicted octanol–water partition coefficient (Wildman–Crippen LogP) is 0.0694. The fraction of sp³-hybridized carbons (Fsp3) is 0.714. The normalized spacial score (nSPS) is 19.1. The molecule has 1 radical (unpaired) electrons. The number of amides is 1. The Morgan fingerprint density at radius 2 is 2.10 bits per heavy atom. The lowest BCUT2D eigenvalue weighted by molar-refractivity contribution is -0.131. The molecule has 1 saturated heterocycles. The fourth-order valence-corrected chi connectivity index (χ4v) is 0.966. The van der Waals surface area contributed by atoms with Crippen LogP contribution in [0, 0.1) is 6.42 Å². The number of carbonyl (C=O) groups excluding carboxylic acids is 1. The van der Waals surface area contributed by atoms with Gasteiger partial charge in [-0.2, -0.15) is 0 Å². The van der Waals surface area contributed by atoms with Crippen molar-refractivity contribution in [3.05, 3.63) is 6.42 Å². The molecule has 3 heteroatoms. The van der Waals surface area contributed by atoms with Crippen molar-refractivity contribution in [2.45, 2.75) is 6.92 Å². The summed E-state index contributed by atoms with van der Waals surface area (Å²) >= 11 is 0. The Kier molecular flexibility index (Phi) is 2.68. The van der Waals surface area contributed by atoms with Crippen molar-refractivity contribution in [1.82, 2.24) is 4.90 Å². The molecule has 0 saturated carbocycles. The number of hydrogen-bond donors (Lipinski definition) is 0. The maximum Gasteiger partial charge on any atom is 0.226 e. The van der Waals surface area contributed by atoms with Gasteiger partial charge in [0.05, 0.1) is 13.2 Å². The summed E-state index contributed by atoms with van der Waals surface area (Å²) in [5.74, 6) is 0.114. The molecule has 1 fully saturated rings. The molecule has 1 aliphatic rings. The summed E-state index contributed by atoms with van der Waals surface area (Å²) < 4.78 is 5.09. The van der Waals surface area contributed by atoms with Gasteiger partial charge in [-0.3, -0.25) is 4.79 Å². The molecule has 0 aromatic rings. The highest BCUT2D eigenvalue weighted by Crippen LogP contribution is 1.98. The Morgan fingerprint density at radius 3 is 2.60 bits per heavy atom. The molecule has 0 spiro atoms. The molecule has 3 nitrogen and oxygen atoms in total. The number of carbonyl (C=O) groups is 1. The first kappa shape index (κ1) is 7.54. The summed E-state index contributed by atoms with van der Waals surface area (Å²) in [6.07, 6.45) is 1.59. The number of morpholine rings is 1. The zero-order valence-electron chi connectivity index (χ0n) is 6.17. The van der Waals surface area contributed by atoms with E-state index in [4.69, 9.17) is 4.74 Å². The van der Waals surface area contributed by atoms with E-state index in [0.717, 1.165) is 13.1 Å². The van der Waals surface area contributed by atoms with Crippen molar-refractivity contribution >= 4 is 5.91 Å². The van der Waals surface area contributed by atoms with Gasteiger partial charge in [0.15, 0.2) is 0 Å². The molecular weight excluding hydrogens is 130 g/mol. The van der Waals surface area contributed by atoms with Gasteiger partial charge in [-0.25, -0.2) is 0 Å². The monoisotopic (exact) mass is 142 g/mol. The predicted molar refractivity (Wildman–Crippen MR) is 37.4 cm³/mol. The first-order valence-electron chi connectivity index (χ1n) is 3.50. The van der Waals surface area contributed by atoms with E-state index >= 15 is 0 Å². The van der Waals surface area contributed by atoms with Gasteiger partial charge in [0, 0.05) is 19.5 Å². The number of hydrogen-bond acceptors (Lipinski definition) is 2. The van der Waals surface area contributed by atoms with Gasteiger partial charge in [-0.05, 0) is 0 Å². The second kappa shape index (κ2) is 3.56. The van der Waals surface area contributed by atoms with Crippen molar-refractivity contribution in [3.8, 4) is 0 Å². The van der Waals surface area contributed by atoms with Gasteiger partial charge in [0.2, 0.25) is 5.91 Å². The first-order chi connectivity index (χ1) is 4.84. The molecule has 10 heavy (non-hydrogen) atoms. The van der Waals surface area contributed by atoms with Gasteiger partial charge < -0.3 is 9.64 Å². The summed E-state index contributed by atoms with van der Waals surface area (Å²) in [7, 11) is 0. The Balaban J connectivity index is 2.31. The molecule has 0 atom stereocenters. The molecule has 0 unspecified atom stereocenters. The van der Waals surface area contributed by atoms with Crippen molar-refractivity contribution in [2.75, 3.05) is 26.3 Å². The van der Waals surface area contributed by atoms with Crippen LogP contribution in [-0.2, 0) is 9.53 Å². The quantitative estimate of drug-likeness (QED) is 0.518. The standard InChI is InChI=1S/C7H12NO2/c1-2-7(9)8-3-5-10-6-4-8/h2H,3-6H2,1H3. The lowest BCUT2D eigenvalue weighted by Crippen LogP contribution is -2.40. The van der Waals surface area contributed by atoms with Crippen LogP contribution in [0.4, 0.5) is 0 Å². The summed E-state index contributed by atoms with van der Waals surface area (Å²) in [6.45, 7) is 4.60. The van der Waals surface area contributed by atoms with Gasteiger partial charge >= 0.3 is 0 Å². The molecule has 1 amide bonds. The molecule has 0 N–H and O–H groups in total. The zero-order chi connectivity index (χ0) is 7.40. The van der Waals surface area contributed by atoms with E-state index in [1.165, 1.54) is 0 Å². The van der Waals surface area contributed by atoms with Crippen LogP contribution in [0.3, 0.4) is 0 Å². The van der Waals surface area contributed by atoms with Crippen molar-refractivity contribution in [1.29, 1.82) is 0 Å². The highest BCUT2D eigenvalue weighted by atomic mass is 16.5. The zero-order valence-corrected chi connectivity index (χ0v) is 6.17. The molecule has 0 aliphatic carbocycles. The van der Waals surface area contributed by atoms with Crippen LogP contribution in [0.1, 0.15) is 6.92 Å². The van der Waals surface area contributed by atoms with Crippen LogP contribution < -0.4 is 0 Å². The van der Waals surface area contributed by atoms with E-state index in [2.05, 4.69) is 0 Å². The highest BCUT2D eigenvalue weighted by Gasteiger charge is 2.14. The van der Waals surface area contributed by atoms with E-state index < -0.39 is 0 Å². The highest BCUT2D eigenvalue weighted by molar-refractivity contribution is 5.84. The number of ether oxygens (including phenoxy) is 1. The number of nitrogens with zero attached hydrogens (tertiary/aromatic N) is 1. The van der Waals surface area contributed by atoms with Crippen LogP contribution in [0.5, 0.6) is 0 Å². The maximum absolute atomic E-state index is 11.0. The maximum atomic E-state index is 11.0. The summed E-state index contributed by atoms with van der Waals surface area (Å²) in [5.41, 5.74) is 0. The third-order valence-corrected chi connectivity index (χ3v) is 1.57. The van der Waals surface area contributed by atoms with E-state index in [9.17, 15) is 4.79 Å². The third-order valence-electron chi connectivity index (χ3n) is 1.57. The van der Waals surface area contributed by atoms with Crippen molar-refractivity contribution < 1.29 is 9.53 Å². The Morgan fingerprint density at radius 1 is 1.50 bits per heavy atom. The molecule has 57 valence electrons. The van der Waals surface area contributed by atoms with E-state index in [-0.39, 0.29) is 5.91 Å². The van der Waals surface area contributed by atoms with Crippen LogP contribution >= 0.6 is 0 Å². The van der Waals surface area contributed by atoms with Gasteiger partial charge in [-0.15, -0.1) is 0 Å². The lowest BCUT2D eigenvalue weighted by atomic mass is 10.3. The Hall–Kier alpha value is -0.570. The lowest BCUT2D eigenvalue weighted by Gasteiger charge is -2.26. The minimum Gasteiger partial charge on any atom is -0.378 e. The summed E-state index contributed by atoms with van der Waals surface area (Å²) in [5, 5.41) is 0. The van der Waals surface area contributed by atoms with Gasteiger partial charge in [0.1, 0.15) is 0 Å². The average molecular weight is 142 g/mol. The second-order valence-electron chi connectivity index (χ2n) is 2.23. The third kappa shape index (κ3) is 1.70. The molecular formula is C7H12NO2. The second-order valence-corrected chi connectivity index (χ2v) is 2.23. The van der Waals surface area contributed by atoms with E-state index in [1.54, 1.807) is 18.2 Å². The number of rotatable bonds is 1. The van der Waals surface area contributed by atoms with E-state index in [0.29, 0.717) is 13.2 Å². The molecule has 1 rings (SSSR count). The SMILES string of the molecule is C[CH]C(=O)N1CCOCC1. The van der Waals surface area contributed by atoms with Crippen molar-refractivity contribution in [3.63, 3.8) is 0 Å². The molecule has 0 aromatic heterocycles. The van der Waals surface area contributed by atoms with Crippen LogP contribution in [0.2, 0.25) is 0 Å². The van der Waals surface area contributed by atoms with Gasteiger partial charge in [-0.1, -0.05) is 6.92 Å². The molecule has 1 aliphatic heterocycles. The van der Waals surface area contributed by atoms with Crippen LogP contribution in [0.15, 0.2) is 0 Å².